The molecule has 0 aliphatic heterocycles. The fraction of sp³-hybridized carbons (Fsp3) is 0.273. The van der Waals surface area contributed by atoms with Crippen LogP contribution in [0.15, 0.2) is 59.4 Å². The SMILES string of the molecule is Cc1ccc2[nH]c(=O)c(CN(CC[NH+](C)C)C(=O)Nc3ccccc3)cc2c1. The zero-order valence-electron chi connectivity index (χ0n) is 16.6. The van der Waals surface area contributed by atoms with E-state index in [0.29, 0.717) is 12.1 Å². The lowest BCUT2D eigenvalue weighted by Gasteiger charge is -2.23. The first-order valence-electron chi connectivity index (χ1n) is 9.45. The van der Waals surface area contributed by atoms with E-state index in [1.807, 2.05) is 75.6 Å². The maximum Gasteiger partial charge on any atom is 0.322 e. The monoisotopic (exact) mass is 379 g/mol. The predicted molar refractivity (Wildman–Crippen MR) is 113 cm³/mol. The summed E-state index contributed by atoms with van der Waals surface area (Å²) in [6.07, 6.45) is 0. The zero-order chi connectivity index (χ0) is 20.1. The van der Waals surface area contributed by atoms with Gasteiger partial charge in [-0.15, -0.1) is 0 Å². The highest BCUT2D eigenvalue weighted by atomic mass is 16.2. The molecule has 1 aromatic heterocycles. The Kier molecular flexibility index (Phi) is 6.11. The number of urea groups is 1. The molecule has 0 aliphatic carbocycles. The van der Waals surface area contributed by atoms with E-state index >= 15 is 0 Å². The Hall–Kier alpha value is -3.12. The van der Waals surface area contributed by atoms with E-state index in [2.05, 4.69) is 10.3 Å². The molecule has 28 heavy (non-hydrogen) atoms. The number of aromatic amines is 1. The summed E-state index contributed by atoms with van der Waals surface area (Å²) in [6.45, 7) is 3.61. The third kappa shape index (κ3) is 4.98. The first-order chi connectivity index (χ1) is 13.4. The van der Waals surface area contributed by atoms with Crippen LogP contribution in [0.25, 0.3) is 10.9 Å². The van der Waals surface area contributed by atoms with Gasteiger partial charge in [-0.1, -0.05) is 29.8 Å². The van der Waals surface area contributed by atoms with Crippen molar-refractivity contribution in [2.45, 2.75) is 13.5 Å². The van der Waals surface area contributed by atoms with Gasteiger partial charge in [0.1, 0.15) is 0 Å². The van der Waals surface area contributed by atoms with Gasteiger partial charge in [-0.25, -0.2) is 4.79 Å². The van der Waals surface area contributed by atoms with Crippen molar-refractivity contribution in [3.8, 4) is 0 Å². The summed E-state index contributed by atoms with van der Waals surface area (Å²) in [5.41, 5.74) is 3.08. The number of quaternary nitrogens is 1. The quantitative estimate of drug-likeness (QED) is 0.613. The van der Waals surface area contributed by atoms with Crippen molar-refractivity contribution in [2.24, 2.45) is 0 Å². The third-order valence-corrected chi connectivity index (χ3v) is 4.63. The second-order valence-corrected chi connectivity index (χ2v) is 7.39. The van der Waals surface area contributed by atoms with Crippen molar-refractivity contribution in [3.63, 3.8) is 0 Å². The molecule has 0 saturated heterocycles. The van der Waals surface area contributed by atoms with Crippen LogP contribution in [0.1, 0.15) is 11.1 Å². The fourth-order valence-electron chi connectivity index (χ4n) is 3.03. The molecule has 3 rings (SSSR count). The standard InChI is InChI=1S/C22H26N4O2/c1-16-9-10-20-17(13-16)14-18(21(27)24-20)15-26(12-11-25(2)3)22(28)23-19-7-5-4-6-8-19/h4-10,13-14H,11-12,15H2,1-3H3,(H,23,28)(H,24,27)/p+1. The minimum absolute atomic E-state index is 0.161. The van der Waals surface area contributed by atoms with Crippen molar-refractivity contribution >= 4 is 22.6 Å². The molecule has 0 atom stereocenters. The molecule has 3 N–H and O–H groups in total. The summed E-state index contributed by atoms with van der Waals surface area (Å²) in [6, 6.07) is 16.9. The number of aryl methyl sites for hydroxylation is 1. The normalized spacial score (nSPS) is 11.0. The van der Waals surface area contributed by atoms with Crippen LogP contribution < -0.4 is 15.8 Å². The number of rotatable bonds is 6. The van der Waals surface area contributed by atoms with Crippen LogP contribution in [0.2, 0.25) is 0 Å². The van der Waals surface area contributed by atoms with Gasteiger partial charge < -0.3 is 20.1 Å². The van der Waals surface area contributed by atoms with Crippen LogP contribution in [0.4, 0.5) is 10.5 Å². The molecule has 0 radical (unpaired) electrons. The molecule has 0 fully saturated rings. The number of likely N-dealkylation sites (N-methyl/N-ethyl adjacent to an activating group) is 1. The number of amides is 2. The number of pyridine rings is 1. The number of hydrogen-bond acceptors (Lipinski definition) is 2. The number of H-pyrrole nitrogens is 1. The number of nitrogens with one attached hydrogen (secondary N) is 3. The zero-order valence-corrected chi connectivity index (χ0v) is 16.6. The van der Waals surface area contributed by atoms with Crippen molar-refractivity contribution in [1.82, 2.24) is 9.88 Å². The van der Waals surface area contributed by atoms with Gasteiger partial charge in [-0.3, -0.25) is 4.79 Å². The van der Waals surface area contributed by atoms with Crippen molar-refractivity contribution in [1.29, 1.82) is 0 Å². The molecule has 2 amide bonds. The van der Waals surface area contributed by atoms with E-state index < -0.39 is 0 Å². The van der Waals surface area contributed by atoms with E-state index in [1.54, 1.807) is 4.90 Å². The van der Waals surface area contributed by atoms with Crippen LogP contribution in [-0.2, 0) is 6.54 Å². The van der Waals surface area contributed by atoms with Gasteiger partial charge >= 0.3 is 6.03 Å². The number of fused-ring (bicyclic) bond motifs is 1. The Balaban J connectivity index is 1.86. The molecule has 6 heteroatoms. The largest absolute Gasteiger partial charge is 0.338 e. The summed E-state index contributed by atoms with van der Waals surface area (Å²) in [5, 5.41) is 3.89. The van der Waals surface area contributed by atoms with E-state index in [4.69, 9.17) is 0 Å². The Bertz CT molecular complexity index is 1010. The molecule has 0 aliphatic rings. The number of aromatic nitrogens is 1. The molecule has 146 valence electrons. The number of hydrogen-bond donors (Lipinski definition) is 3. The van der Waals surface area contributed by atoms with Gasteiger partial charge in [0.05, 0.1) is 33.7 Å². The maximum atomic E-state index is 12.9. The second kappa shape index (κ2) is 8.71. The van der Waals surface area contributed by atoms with Crippen molar-refractivity contribution in [3.05, 3.63) is 76.1 Å². The molecule has 2 aromatic carbocycles. The topological polar surface area (TPSA) is 69.6 Å². The lowest BCUT2D eigenvalue weighted by atomic mass is 10.1. The van der Waals surface area contributed by atoms with Gasteiger partial charge in [0.25, 0.3) is 5.56 Å². The van der Waals surface area contributed by atoms with Gasteiger partial charge in [0.15, 0.2) is 0 Å². The van der Waals surface area contributed by atoms with Crippen molar-refractivity contribution in [2.75, 3.05) is 32.5 Å². The van der Waals surface area contributed by atoms with Crippen LogP contribution in [-0.4, -0.2) is 43.1 Å². The van der Waals surface area contributed by atoms with Gasteiger partial charge in [0, 0.05) is 16.8 Å². The van der Waals surface area contributed by atoms with Gasteiger partial charge in [0.2, 0.25) is 0 Å². The number of carbonyl (C=O) groups is 1. The Labute approximate surface area is 164 Å². The molecule has 3 aromatic rings. The number of anilines is 1. The Morgan fingerprint density at radius 2 is 1.86 bits per heavy atom. The molecular formula is C22H27N4O2+. The first kappa shape index (κ1) is 19.6. The highest BCUT2D eigenvalue weighted by Crippen LogP contribution is 2.15. The smallest absolute Gasteiger partial charge is 0.322 e. The van der Waals surface area contributed by atoms with Crippen LogP contribution in [0.5, 0.6) is 0 Å². The summed E-state index contributed by atoms with van der Waals surface area (Å²) < 4.78 is 0. The highest BCUT2D eigenvalue weighted by Gasteiger charge is 2.17. The lowest BCUT2D eigenvalue weighted by molar-refractivity contribution is -0.857. The van der Waals surface area contributed by atoms with Gasteiger partial charge in [-0.2, -0.15) is 0 Å². The summed E-state index contributed by atoms with van der Waals surface area (Å²) in [5.74, 6) is 0. The average Bonchev–Trinajstić information content (AvgIpc) is 2.66. The fourth-order valence-corrected chi connectivity index (χ4v) is 3.03. The molecule has 0 saturated carbocycles. The van der Waals surface area contributed by atoms with Gasteiger partial charge in [-0.05, 0) is 42.6 Å². The average molecular weight is 379 g/mol. The molecule has 6 nitrogen and oxygen atoms in total. The van der Waals surface area contributed by atoms with Crippen LogP contribution in [0.3, 0.4) is 0 Å². The molecule has 0 unspecified atom stereocenters. The molecule has 0 bridgehead atoms. The number of benzene rings is 2. The van der Waals surface area contributed by atoms with E-state index in [1.165, 1.54) is 4.90 Å². The second-order valence-electron chi connectivity index (χ2n) is 7.39. The molecular weight excluding hydrogens is 352 g/mol. The lowest BCUT2D eigenvalue weighted by Crippen LogP contribution is -3.06. The first-order valence-corrected chi connectivity index (χ1v) is 9.45. The number of nitrogens with zero attached hydrogens (tertiary/aromatic N) is 1. The molecule has 0 spiro atoms. The van der Waals surface area contributed by atoms with E-state index in [-0.39, 0.29) is 18.1 Å². The minimum Gasteiger partial charge on any atom is -0.338 e. The minimum atomic E-state index is -0.212. The Morgan fingerprint density at radius 3 is 2.57 bits per heavy atom. The van der Waals surface area contributed by atoms with Crippen molar-refractivity contribution < 1.29 is 9.69 Å². The van der Waals surface area contributed by atoms with Crippen LogP contribution >= 0.6 is 0 Å². The summed E-state index contributed by atoms with van der Waals surface area (Å²) >= 11 is 0. The van der Waals surface area contributed by atoms with E-state index in [0.717, 1.165) is 28.7 Å². The van der Waals surface area contributed by atoms with E-state index in [9.17, 15) is 9.59 Å². The predicted octanol–water partition coefficient (Wildman–Crippen LogP) is 2.02. The molecule has 1 heterocycles. The maximum absolute atomic E-state index is 12.9. The number of carbonyl (C=O) groups excluding carboxylic acids is 1. The highest BCUT2D eigenvalue weighted by molar-refractivity contribution is 5.89. The van der Waals surface area contributed by atoms with Crippen LogP contribution in [0, 0.1) is 6.92 Å². The summed E-state index contributed by atoms with van der Waals surface area (Å²) in [4.78, 5) is 31.3. The summed E-state index contributed by atoms with van der Waals surface area (Å²) in [7, 11) is 4.08. The Morgan fingerprint density at radius 1 is 1.11 bits per heavy atom. The number of para-hydroxylation sites is 1. The third-order valence-electron chi connectivity index (χ3n) is 4.63.